The van der Waals surface area contributed by atoms with Crippen molar-refractivity contribution in [1.82, 2.24) is 10.0 Å². The van der Waals surface area contributed by atoms with Crippen molar-refractivity contribution >= 4 is 24.1 Å². The molecule has 0 aliphatic heterocycles. The van der Waals surface area contributed by atoms with E-state index in [1.165, 1.54) is 40.8 Å². The molecule has 1 aromatic carbocycles. The summed E-state index contributed by atoms with van der Waals surface area (Å²) in [6, 6.07) is 6.71. The third-order valence-corrected chi connectivity index (χ3v) is 7.72. The second kappa shape index (κ2) is 13.2. The van der Waals surface area contributed by atoms with Gasteiger partial charge in [0.1, 0.15) is 6.29 Å². The van der Waals surface area contributed by atoms with E-state index in [0.29, 0.717) is 24.4 Å². The number of aldehydes is 1. The minimum Gasteiger partial charge on any atom is -0.369 e. The molecule has 6 heteroatoms. The molecular weight excluding hydrogens is 406 g/mol. The van der Waals surface area contributed by atoms with Crippen LogP contribution in [-0.2, 0) is 9.59 Å². The molecule has 0 spiro atoms. The van der Waals surface area contributed by atoms with E-state index in [-0.39, 0.29) is 11.3 Å². The van der Waals surface area contributed by atoms with Crippen molar-refractivity contribution in [3.8, 4) is 0 Å². The molecule has 1 aromatic rings. The Morgan fingerprint density at radius 2 is 1.94 bits per heavy atom. The second-order valence-electron chi connectivity index (χ2n) is 9.04. The van der Waals surface area contributed by atoms with Crippen molar-refractivity contribution in [2.75, 3.05) is 13.6 Å². The van der Waals surface area contributed by atoms with Gasteiger partial charge in [0.25, 0.3) is 0 Å². The van der Waals surface area contributed by atoms with Crippen LogP contribution in [0.3, 0.4) is 0 Å². The Balaban J connectivity index is 0.000000293. The minimum absolute atomic E-state index is 0.105. The smallest absolute Gasteiger partial charge is 0.223 e. The topological polar surface area (TPSA) is 84.2 Å². The van der Waals surface area contributed by atoms with Crippen LogP contribution in [0.2, 0.25) is 0 Å². The van der Waals surface area contributed by atoms with Gasteiger partial charge in [-0.2, -0.15) is 0 Å². The first-order valence-electron chi connectivity index (χ1n) is 11.6. The summed E-state index contributed by atoms with van der Waals surface area (Å²) < 4.78 is 2.97. The number of amides is 1. The van der Waals surface area contributed by atoms with Crippen molar-refractivity contribution in [2.45, 2.75) is 78.2 Å². The van der Waals surface area contributed by atoms with Crippen molar-refractivity contribution in [1.29, 1.82) is 0 Å². The maximum absolute atomic E-state index is 11.6. The molecule has 5 atom stereocenters. The quantitative estimate of drug-likeness (QED) is 0.334. The van der Waals surface area contributed by atoms with Crippen molar-refractivity contribution in [2.24, 2.45) is 28.9 Å². The molecule has 2 aliphatic rings. The fourth-order valence-electron chi connectivity index (χ4n) is 5.19. The zero-order valence-corrected chi connectivity index (χ0v) is 21.3. The first kappa shape index (κ1) is 27.7. The molecular formula is C25H43N3O2S. The molecule has 0 aromatic heterocycles. The summed E-state index contributed by atoms with van der Waals surface area (Å²) in [5, 5.41) is 3.43. The monoisotopic (exact) mass is 449 g/mol. The van der Waals surface area contributed by atoms with Gasteiger partial charge >= 0.3 is 0 Å². The molecule has 2 fully saturated rings. The number of rotatable bonds is 6. The van der Waals surface area contributed by atoms with Crippen LogP contribution in [0, 0.1) is 37.0 Å². The van der Waals surface area contributed by atoms with Crippen LogP contribution in [0.25, 0.3) is 0 Å². The summed E-state index contributed by atoms with van der Waals surface area (Å²) in [5.74, 6) is 1.96. The largest absolute Gasteiger partial charge is 0.369 e. The van der Waals surface area contributed by atoms with E-state index >= 15 is 0 Å². The van der Waals surface area contributed by atoms with Gasteiger partial charge in [0.2, 0.25) is 5.91 Å². The average molecular weight is 450 g/mol. The Hall–Kier alpha value is -1.37. The van der Waals surface area contributed by atoms with E-state index in [9.17, 15) is 9.59 Å². The lowest BCUT2D eigenvalue weighted by molar-refractivity contribution is -0.132. The molecule has 0 radical (unpaired) electrons. The first-order chi connectivity index (χ1) is 14.7. The molecule has 176 valence electrons. The third-order valence-electron chi connectivity index (χ3n) is 6.75. The number of hydrogen-bond acceptors (Lipinski definition) is 5. The summed E-state index contributed by atoms with van der Waals surface area (Å²) in [5.41, 5.74) is 7.85. The summed E-state index contributed by atoms with van der Waals surface area (Å²) >= 11 is 1.50. The zero-order valence-electron chi connectivity index (χ0n) is 20.5. The highest BCUT2D eigenvalue weighted by molar-refractivity contribution is 7.97. The van der Waals surface area contributed by atoms with Crippen LogP contribution in [0.1, 0.15) is 64.5 Å². The highest BCUT2D eigenvalue weighted by Crippen LogP contribution is 2.50. The molecule has 2 aliphatic carbocycles. The molecule has 3 rings (SSSR count). The standard InChI is InChI=1S/C13H24N2O.C10H13NOS.C2H6/c1-8-4-9-5-10(11(8)15-3)7-13(2,6-9)12(14)16;1-8-4-3-5-10(9(8)2)13-11-6-7-12;1-2/h8-11,15H,4-7H2,1-3H3,(H2,14,16);3-5,7,11H,6H2,1-2H3;1-2H3. The number of carbonyl (C=O) groups excluding carboxylic acids is 2. The summed E-state index contributed by atoms with van der Waals surface area (Å²) in [6.45, 7) is 12.9. The molecule has 31 heavy (non-hydrogen) atoms. The molecule has 4 N–H and O–H groups in total. The van der Waals surface area contributed by atoms with E-state index in [4.69, 9.17) is 5.73 Å². The van der Waals surface area contributed by atoms with Crippen LogP contribution in [0.15, 0.2) is 23.1 Å². The van der Waals surface area contributed by atoms with Gasteiger partial charge in [-0.05, 0) is 93.5 Å². The zero-order chi connectivity index (χ0) is 23.6. The van der Waals surface area contributed by atoms with E-state index in [0.717, 1.165) is 25.0 Å². The summed E-state index contributed by atoms with van der Waals surface area (Å²) in [6.07, 6.45) is 5.34. The van der Waals surface area contributed by atoms with Gasteiger partial charge in [0.05, 0.1) is 6.54 Å². The fraction of sp³-hybridized carbons (Fsp3) is 0.680. The van der Waals surface area contributed by atoms with Gasteiger partial charge in [0.15, 0.2) is 0 Å². The molecule has 0 heterocycles. The van der Waals surface area contributed by atoms with Crippen molar-refractivity contribution in [3.63, 3.8) is 0 Å². The normalized spacial score (nSPS) is 29.0. The van der Waals surface area contributed by atoms with Crippen LogP contribution < -0.4 is 15.8 Å². The maximum Gasteiger partial charge on any atom is 0.223 e. The van der Waals surface area contributed by atoms with E-state index < -0.39 is 0 Å². The molecule has 2 bridgehead atoms. The molecule has 0 saturated heterocycles. The average Bonchev–Trinajstić information content (AvgIpc) is 2.73. The van der Waals surface area contributed by atoms with Crippen LogP contribution in [-0.4, -0.2) is 31.8 Å². The number of benzene rings is 1. The maximum atomic E-state index is 11.6. The highest BCUT2D eigenvalue weighted by Gasteiger charge is 2.47. The first-order valence-corrected chi connectivity index (χ1v) is 12.4. The van der Waals surface area contributed by atoms with Gasteiger partial charge in [-0.25, -0.2) is 0 Å². The van der Waals surface area contributed by atoms with Crippen LogP contribution in [0.5, 0.6) is 0 Å². The number of hydrogen-bond donors (Lipinski definition) is 3. The van der Waals surface area contributed by atoms with Gasteiger partial charge in [-0.15, -0.1) is 0 Å². The second-order valence-corrected chi connectivity index (χ2v) is 9.97. The van der Waals surface area contributed by atoms with Crippen LogP contribution in [0.4, 0.5) is 0 Å². The summed E-state index contributed by atoms with van der Waals surface area (Å²) in [4.78, 5) is 22.8. The molecule has 2 saturated carbocycles. The Labute approximate surface area is 193 Å². The van der Waals surface area contributed by atoms with Gasteiger partial charge in [-0.3, -0.25) is 9.52 Å². The molecule has 1 amide bonds. The number of primary amides is 1. The summed E-state index contributed by atoms with van der Waals surface area (Å²) in [7, 11) is 2.04. The fourth-order valence-corrected chi connectivity index (χ4v) is 5.96. The van der Waals surface area contributed by atoms with Gasteiger partial charge < -0.3 is 15.8 Å². The minimum atomic E-state index is -0.261. The van der Waals surface area contributed by atoms with Gasteiger partial charge in [-0.1, -0.05) is 39.8 Å². The van der Waals surface area contributed by atoms with E-state index in [1.807, 2.05) is 33.0 Å². The number of fused-ring (bicyclic) bond motifs is 2. The van der Waals surface area contributed by atoms with Crippen molar-refractivity contribution < 1.29 is 9.59 Å². The number of nitrogens with one attached hydrogen (secondary N) is 2. The predicted octanol–water partition coefficient (Wildman–Crippen LogP) is 4.65. The Morgan fingerprint density at radius 1 is 1.26 bits per heavy atom. The highest BCUT2D eigenvalue weighted by atomic mass is 32.2. The Morgan fingerprint density at radius 3 is 2.52 bits per heavy atom. The van der Waals surface area contributed by atoms with E-state index in [1.54, 1.807) is 0 Å². The number of carbonyl (C=O) groups is 2. The number of nitrogens with two attached hydrogens (primary N) is 1. The Bertz CT molecular complexity index is 710. The molecule has 5 nitrogen and oxygen atoms in total. The molecule has 5 unspecified atom stereocenters. The van der Waals surface area contributed by atoms with Crippen LogP contribution >= 0.6 is 11.9 Å². The lowest BCUT2D eigenvalue weighted by Crippen LogP contribution is -2.52. The Kier molecular flexibility index (Phi) is 11.8. The lowest BCUT2D eigenvalue weighted by Gasteiger charge is -2.49. The SMILES string of the molecule is CC.CNC1C(C)CC2CC1CC(C)(C(N)=O)C2.Cc1cccc(SNCC=O)c1C. The lowest BCUT2D eigenvalue weighted by atomic mass is 9.57. The van der Waals surface area contributed by atoms with Crippen molar-refractivity contribution in [3.05, 3.63) is 29.3 Å². The van der Waals surface area contributed by atoms with Gasteiger partial charge in [0, 0.05) is 16.4 Å². The third kappa shape index (κ3) is 7.62. The number of aryl methyl sites for hydroxylation is 1. The van der Waals surface area contributed by atoms with E-state index in [2.05, 4.69) is 43.8 Å². The predicted molar refractivity (Wildman–Crippen MR) is 132 cm³/mol.